The normalized spacial score (nSPS) is 13.1. The molecule has 1 rings (SSSR count). The molecule has 2 nitrogen and oxygen atoms in total. The maximum atomic E-state index is 11.5. The Morgan fingerprint density at radius 2 is 2.00 bits per heavy atom. The highest BCUT2D eigenvalue weighted by Crippen LogP contribution is 2.12. The average Bonchev–Trinajstić information content (AvgIpc) is 2.16. The van der Waals surface area contributed by atoms with Gasteiger partial charge in [-0.15, -0.1) is 0 Å². The van der Waals surface area contributed by atoms with E-state index < -0.39 is 10.8 Å². The van der Waals surface area contributed by atoms with Crippen LogP contribution in [-0.2, 0) is 17.2 Å². The minimum Gasteiger partial charge on any atom is -0.399 e. The fourth-order valence-corrected chi connectivity index (χ4v) is 2.10. The fourth-order valence-electron chi connectivity index (χ4n) is 1.21. The molecule has 0 aromatic heterocycles. The molecule has 0 fully saturated rings. The van der Waals surface area contributed by atoms with Gasteiger partial charge in [0, 0.05) is 27.5 Å². The molecule has 0 aliphatic heterocycles. The van der Waals surface area contributed by atoms with Crippen LogP contribution < -0.4 is 5.73 Å². The Morgan fingerprint density at radius 1 is 1.36 bits per heavy atom. The van der Waals surface area contributed by atoms with Gasteiger partial charge in [0.1, 0.15) is 0 Å². The summed E-state index contributed by atoms with van der Waals surface area (Å²) in [6, 6.07) is 7.75. The minimum absolute atomic E-state index is 0.236. The zero-order chi connectivity index (χ0) is 10.6. The van der Waals surface area contributed by atoms with E-state index in [0.29, 0.717) is 5.75 Å². The van der Waals surface area contributed by atoms with E-state index in [2.05, 4.69) is 0 Å². The van der Waals surface area contributed by atoms with Gasteiger partial charge in [-0.3, -0.25) is 4.21 Å². The van der Waals surface area contributed by atoms with Crippen LogP contribution in [0.5, 0.6) is 0 Å². The molecule has 3 heteroatoms. The monoisotopic (exact) mass is 211 g/mol. The predicted molar refractivity (Wildman–Crippen MR) is 62.7 cm³/mol. The van der Waals surface area contributed by atoms with Gasteiger partial charge >= 0.3 is 0 Å². The second-order valence-corrected chi connectivity index (χ2v) is 5.69. The third-order valence-corrected chi connectivity index (χ3v) is 3.81. The lowest BCUT2D eigenvalue weighted by molar-refractivity contribution is 0.676. The molecule has 1 aromatic carbocycles. The second-order valence-electron chi connectivity index (χ2n) is 3.58. The summed E-state index contributed by atoms with van der Waals surface area (Å²) in [6.07, 6.45) is 0.803. The summed E-state index contributed by atoms with van der Waals surface area (Å²) in [4.78, 5) is 0. The molecule has 78 valence electrons. The molecule has 0 bridgehead atoms. The van der Waals surface area contributed by atoms with Gasteiger partial charge in [0.05, 0.1) is 0 Å². The van der Waals surface area contributed by atoms with Crippen molar-refractivity contribution in [2.24, 2.45) is 0 Å². The van der Waals surface area contributed by atoms with E-state index in [9.17, 15) is 4.21 Å². The van der Waals surface area contributed by atoms with Crippen molar-refractivity contribution >= 4 is 16.5 Å². The van der Waals surface area contributed by atoms with Gasteiger partial charge in [-0.1, -0.05) is 32.0 Å². The van der Waals surface area contributed by atoms with Crippen LogP contribution in [0.4, 0.5) is 5.69 Å². The zero-order valence-electron chi connectivity index (χ0n) is 8.69. The van der Waals surface area contributed by atoms with E-state index in [1.165, 1.54) is 0 Å². The maximum Gasteiger partial charge on any atom is 0.0346 e. The van der Waals surface area contributed by atoms with Crippen molar-refractivity contribution in [1.29, 1.82) is 0 Å². The van der Waals surface area contributed by atoms with Crippen LogP contribution in [0.2, 0.25) is 0 Å². The summed E-state index contributed by atoms with van der Waals surface area (Å²) < 4.78 is 11.5. The van der Waals surface area contributed by atoms with Crippen LogP contribution in [0.25, 0.3) is 0 Å². The van der Waals surface area contributed by atoms with Gasteiger partial charge in [-0.05, 0) is 18.1 Å². The van der Waals surface area contributed by atoms with Gasteiger partial charge in [0.2, 0.25) is 0 Å². The second kappa shape index (κ2) is 5.15. The molecular weight excluding hydrogens is 194 g/mol. The van der Waals surface area contributed by atoms with Crippen LogP contribution in [-0.4, -0.2) is 15.2 Å². The maximum absolute atomic E-state index is 11.5. The molecule has 0 saturated heterocycles. The average molecular weight is 211 g/mol. The van der Waals surface area contributed by atoms with Crippen LogP contribution >= 0.6 is 0 Å². The highest BCUT2D eigenvalue weighted by molar-refractivity contribution is 7.85. The Morgan fingerprint density at radius 3 is 2.57 bits per heavy atom. The lowest BCUT2D eigenvalue weighted by Gasteiger charge is -2.07. The Balaban J connectivity index is 2.54. The van der Waals surface area contributed by atoms with E-state index in [4.69, 9.17) is 5.73 Å². The van der Waals surface area contributed by atoms with Gasteiger partial charge in [0.15, 0.2) is 0 Å². The smallest absolute Gasteiger partial charge is 0.0346 e. The molecule has 0 spiro atoms. The topological polar surface area (TPSA) is 43.1 Å². The summed E-state index contributed by atoms with van der Waals surface area (Å²) in [5.74, 6) is 0.700. The number of para-hydroxylation sites is 1. The van der Waals surface area contributed by atoms with Crippen molar-refractivity contribution < 1.29 is 4.21 Å². The van der Waals surface area contributed by atoms with E-state index in [1.54, 1.807) is 0 Å². The zero-order valence-corrected chi connectivity index (χ0v) is 9.51. The number of benzene rings is 1. The first-order valence-corrected chi connectivity index (χ1v) is 6.20. The van der Waals surface area contributed by atoms with Crippen LogP contribution in [0.15, 0.2) is 24.3 Å². The third kappa shape index (κ3) is 3.14. The van der Waals surface area contributed by atoms with Crippen molar-refractivity contribution in [3.63, 3.8) is 0 Å². The Bertz CT molecular complexity index is 323. The molecule has 0 heterocycles. The van der Waals surface area contributed by atoms with Crippen molar-refractivity contribution in [2.45, 2.75) is 25.5 Å². The molecule has 0 amide bonds. The molecule has 2 N–H and O–H groups in total. The Labute approximate surface area is 88.0 Å². The molecule has 0 saturated carbocycles. The highest BCUT2D eigenvalue weighted by atomic mass is 32.2. The number of rotatable bonds is 4. The van der Waals surface area contributed by atoms with Crippen molar-refractivity contribution in [3.8, 4) is 0 Å². The van der Waals surface area contributed by atoms with Crippen molar-refractivity contribution in [2.75, 3.05) is 11.5 Å². The van der Waals surface area contributed by atoms with Gasteiger partial charge in [-0.2, -0.15) is 0 Å². The van der Waals surface area contributed by atoms with E-state index in [1.807, 2.05) is 38.1 Å². The first-order valence-electron chi connectivity index (χ1n) is 4.82. The predicted octanol–water partition coefficient (Wildman–Crippen LogP) is 1.97. The first-order chi connectivity index (χ1) is 6.61. The standard InChI is InChI=1S/C11H17NOS/c1-9(2)14(13)8-7-10-5-3-4-6-11(10)12/h3-6,9H,7-8,12H2,1-2H3. The van der Waals surface area contributed by atoms with E-state index >= 15 is 0 Å². The SMILES string of the molecule is CC(C)S(=O)CCc1ccccc1N. The summed E-state index contributed by atoms with van der Waals surface area (Å²) in [7, 11) is -0.736. The number of hydrogen-bond acceptors (Lipinski definition) is 2. The van der Waals surface area contributed by atoms with E-state index in [0.717, 1.165) is 17.7 Å². The number of nitrogens with two attached hydrogens (primary N) is 1. The van der Waals surface area contributed by atoms with Crippen molar-refractivity contribution in [1.82, 2.24) is 0 Å². The molecule has 0 aliphatic rings. The first kappa shape index (κ1) is 11.2. The largest absolute Gasteiger partial charge is 0.399 e. The molecular formula is C11H17NOS. The molecule has 14 heavy (non-hydrogen) atoms. The number of nitrogen functional groups attached to an aromatic ring is 1. The summed E-state index contributed by atoms with van der Waals surface area (Å²) in [5.41, 5.74) is 7.68. The Hall–Kier alpha value is -0.830. The molecule has 0 aliphatic carbocycles. The quantitative estimate of drug-likeness (QED) is 0.774. The number of hydrogen-bond donors (Lipinski definition) is 1. The lowest BCUT2D eigenvalue weighted by Crippen LogP contribution is -2.12. The number of aryl methyl sites for hydroxylation is 1. The summed E-state index contributed by atoms with van der Waals surface area (Å²) in [5, 5.41) is 0.236. The highest BCUT2D eigenvalue weighted by Gasteiger charge is 2.06. The van der Waals surface area contributed by atoms with Crippen LogP contribution in [0.3, 0.4) is 0 Å². The van der Waals surface area contributed by atoms with Crippen LogP contribution in [0.1, 0.15) is 19.4 Å². The van der Waals surface area contributed by atoms with Gasteiger partial charge < -0.3 is 5.73 Å². The molecule has 1 aromatic rings. The number of anilines is 1. The van der Waals surface area contributed by atoms with Gasteiger partial charge in [0.25, 0.3) is 0 Å². The lowest BCUT2D eigenvalue weighted by atomic mass is 10.1. The molecule has 0 radical (unpaired) electrons. The molecule has 1 unspecified atom stereocenters. The fraction of sp³-hybridized carbons (Fsp3) is 0.455. The van der Waals surface area contributed by atoms with Crippen molar-refractivity contribution in [3.05, 3.63) is 29.8 Å². The summed E-state index contributed by atoms with van der Waals surface area (Å²) in [6.45, 7) is 3.95. The van der Waals surface area contributed by atoms with E-state index in [-0.39, 0.29) is 5.25 Å². The molecule has 1 atom stereocenters. The third-order valence-electron chi connectivity index (χ3n) is 2.15. The van der Waals surface area contributed by atoms with Gasteiger partial charge in [-0.25, -0.2) is 0 Å². The van der Waals surface area contributed by atoms with Crippen LogP contribution in [0, 0.1) is 0 Å². The Kier molecular flexibility index (Phi) is 4.14. The summed E-state index contributed by atoms with van der Waals surface area (Å²) >= 11 is 0. The minimum atomic E-state index is -0.736.